The van der Waals surface area contributed by atoms with Gasteiger partial charge in [0.25, 0.3) is 0 Å². The Bertz CT molecular complexity index is 316. The van der Waals surface area contributed by atoms with Crippen LogP contribution in [0.3, 0.4) is 0 Å². The van der Waals surface area contributed by atoms with Gasteiger partial charge < -0.3 is 10.00 Å². The second-order valence-electron chi connectivity index (χ2n) is 5.06. The lowest BCUT2D eigenvalue weighted by Gasteiger charge is -2.38. The van der Waals surface area contributed by atoms with E-state index in [-0.39, 0.29) is 12.1 Å². The van der Waals surface area contributed by atoms with Gasteiger partial charge in [0.1, 0.15) is 0 Å². The molecule has 0 bridgehead atoms. The highest BCUT2D eigenvalue weighted by atomic mass is 31.2. The summed E-state index contributed by atoms with van der Waals surface area (Å²) >= 11 is 0. The monoisotopic (exact) mass is 262 g/mol. The maximum absolute atomic E-state index is 12.7. The Balaban J connectivity index is 3.02. The first-order chi connectivity index (χ1) is 7.89. The summed E-state index contributed by atoms with van der Waals surface area (Å²) in [6, 6.07) is 0. The van der Waals surface area contributed by atoms with Crippen molar-refractivity contribution in [3.8, 4) is 0 Å². The number of hydrogen-bond donors (Lipinski definition) is 2. The van der Waals surface area contributed by atoms with Gasteiger partial charge in [-0.25, -0.2) is 0 Å². The van der Waals surface area contributed by atoms with Crippen LogP contribution in [0.4, 0.5) is 0 Å². The van der Waals surface area contributed by atoms with Crippen molar-refractivity contribution >= 4 is 13.3 Å². The Morgan fingerprint density at radius 2 is 1.76 bits per heavy atom. The van der Waals surface area contributed by atoms with Gasteiger partial charge in [-0.3, -0.25) is 9.36 Å². The first-order valence-corrected chi connectivity index (χ1v) is 8.17. The fraction of sp³-hybridized carbons (Fsp3) is 0.917. The van der Waals surface area contributed by atoms with E-state index in [0.717, 1.165) is 25.7 Å². The molecule has 1 aliphatic rings. The van der Waals surface area contributed by atoms with E-state index >= 15 is 0 Å². The largest absolute Gasteiger partial charge is 0.481 e. The molecule has 1 unspecified atom stereocenters. The second-order valence-corrected chi connectivity index (χ2v) is 7.99. The molecule has 1 aliphatic carbocycles. The molecule has 5 heteroatoms. The number of carbonyl (C=O) groups is 1. The minimum atomic E-state index is -3.42. The zero-order valence-electron chi connectivity index (χ0n) is 10.7. The van der Waals surface area contributed by atoms with Crippen molar-refractivity contribution in [1.82, 2.24) is 0 Å². The number of carboxylic acids is 1. The highest BCUT2D eigenvalue weighted by molar-refractivity contribution is 7.60. The fourth-order valence-corrected chi connectivity index (χ4v) is 6.10. The molecule has 1 rings (SSSR count). The lowest BCUT2D eigenvalue weighted by Crippen LogP contribution is -2.34. The average Bonchev–Trinajstić information content (AvgIpc) is 2.79. The Morgan fingerprint density at radius 3 is 2.12 bits per heavy atom. The van der Waals surface area contributed by atoms with E-state index in [0.29, 0.717) is 12.8 Å². The predicted octanol–water partition coefficient (Wildman–Crippen LogP) is 3.23. The summed E-state index contributed by atoms with van der Waals surface area (Å²) in [7, 11) is -3.42. The summed E-state index contributed by atoms with van der Waals surface area (Å²) in [4.78, 5) is 21.4. The number of carboxylic acid groups (broad SMARTS) is 1. The average molecular weight is 262 g/mol. The van der Waals surface area contributed by atoms with Crippen LogP contribution in [-0.4, -0.2) is 26.8 Å². The summed E-state index contributed by atoms with van der Waals surface area (Å²) in [6.45, 7) is 3.65. The highest BCUT2D eigenvalue weighted by Crippen LogP contribution is 2.66. The molecule has 0 aliphatic heterocycles. The van der Waals surface area contributed by atoms with E-state index in [4.69, 9.17) is 5.11 Å². The Hall–Kier alpha value is -0.340. The normalized spacial score (nSPS) is 21.4. The van der Waals surface area contributed by atoms with Crippen LogP contribution >= 0.6 is 7.37 Å². The summed E-state index contributed by atoms with van der Waals surface area (Å²) in [6.07, 6.45) is 4.26. The summed E-state index contributed by atoms with van der Waals surface area (Å²) < 4.78 is 12.7. The molecule has 1 fully saturated rings. The number of rotatable bonds is 6. The molecule has 2 N–H and O–H groups in total. The van der Waals surface area contributed by atoms with Crippen LogP contribution < -0.4 is 0 Å². The molecule has 1 saturated carbocycles. The van der Waals surface area contributed by atoms with E-state index in [1.165, 1.54) is 0 Å². The zero-order chi connectivity index (χ0) is 13.1. The minimum Gasteiger partial charge on any atom is -0.481 e. The van der Waals surface area contributed by atoms with Crippen LogP contribution in [0, 0.1) is 0 Å². The molecule has 0 saturated heterocycles. The van der Waals surface area contributed by atoms with Gasteiger partial charge >= 0.3 is 5.97 Å². The third-order valence-electron chi connectivity index (χ3n) is 4.30. The molecule has 100 valence electrons. The van der Waals surface area contributed by atoms with E-state index in [2.05, 4.69) is 0 Å². The fourth-order valence-electron chi connectivity index (χ4n) is 2.99. The van der Waals surface area contributed by atoms with Crippen LogP contribution in [0.25, 0.3) is 0 Å². The highest BCUT2D eigenvalue weighted by Gasteiger charge is 2.50. The Labute approximate surface area is 103 Å². The molecular weight excluding hydrogens is 239 g/mol. The predicted molar refractivity (Wildman–Crippen MR) is 67.6 cm³/mol. The lowest BCUT2D eigenvalue weighted by molar-refractivity contribution is -0.137. The van der Waals surface area contributed by atoms with E-state index in [9.17, 15) is 14.3 Å². The first kappa shape index (κ1) is 14.7. The number of aliphatic carboxylic acids is 1. The summed E-state index contributed by atoms with van der Waals surface area (Å²) in [5, 5.41) is 8.06. The Morgan fingerprint density at radius 1 is 1.29 bits per heavy atom. The molecule has 0 aromatic heterocycles. The maximum atomic E-state index is 12.7. The van der Waals surface area contributed by atoms with Gasteiger partial charge in [-0.15, -0.1) is 0 Å². The van der Waals surface area contributed by atoms with E-state index in [1.54, 1.807) is 0 Å². The van der Waals surface area contributed by atoms with Crippen LogP contribution in [0.5, 0.6) is 0 Å². The molecule has 0 aromatic carbocycles. The first-order valence-electron chi connectivity index (χ1n) is 6.44. The molecule has 0 amide bonds. The second kappa shape index (κ2) is 5.53. The lowest BCUT2D eigenvalue weighted by atomic mass is 9.98. The summed E-state index contributed by atoms with van der Waals surface area (Å²) in [5.41, 5.74) is -0.179. The van der Waals surface area contributed by atoms with E-state index in [1.807, 2.05) is 13.8 Å². The molecule has 0 heterocycles. The van der Waals surface area contributed by atoms with Crippen molar-refractivity contribution in [2.45, 2.75) is 69.6 Å². The summed E-state index contributed by atoms with van der Waals surface area (Å²) in [5.74, 6) is -0.971. The SMILES string of the molecule is CCC(CC)(CC(=O)O)P(=O)(O)C1CCCC1. The Kier molecular flexibility index (Phi) is 4.79. The van der Waals surface area contributed by atoms with Crippen LogP contribution in [-0.2, 0) is 9.36 Å². The van der Waals surface area contributed by atoms with E-state index < -0.39 is 18.5 Å². The topological polar surface area (TPSA) is 74.6 Å². The van der Waals surface area contributed by atoms with Crippen molar-refractivity contribution in [1.29, 1.82) is 0 Å². The van der Waals surface area contributed by atoms with Crippen LogP contribution in [0.1, 0.15) is 58.8 Å². The van der Waals surface area contributed by atoms with Gasteiger partial charge in [0.05, 0.1) is 11.6 Å². The molecule has 0 radical (unpaired) electrons. The molecule has 4 nitrogen and oxygen atoms in total. The van der Waals surface area contributed by atoms with Crippen molar-refractivity contribution in [3.05, 3.63) is 0 Å². The molecular formula is C12H23O4P. The van der Waals surface area contributed by atoms with Gasteiger partial charge in [-0.2, -0.15) is 0 Å². The number of hydrogen-bond acceptors (Lipinski definition) is 2. The molecule has 1 atom stereocenters. The molecule has 0 spiro atoms. The quantitative estimate of drug-likeness (QED) is 0.720. The maximum Gasteiger partial charge on any atom is 0.304 e. The van der Waals surface area contributed by atoms with Crippen LogP contribution in [0.2, 0.25) is 0 Å². The van der Waals surface area contributed by atoms with Gasteiger partial charge in [-0.1, -0.05) is 26.7 Å². The minimum absolute atomic E-state index is 0.179. The van der Waals surface area contributed by atoms with Gasteiger partial charge in [0.2, 0.25) is 7.37 Å². The third kappa shape index (κ3) is 2.74. The molecule has 0 aromatic rings. The van der Waals surface area contributed by atoms with Crippen molar-refractivity contribution < 1.29 is 19.4 Å². The van der Waals surface area contributed by atoms with Crippen molar-refractivity contribution in [2.24, 2.45) is 0 Å². The standard InChI is InChI=1S/C12H23O4P/c1-3-12(4-2,9-11(13)14)17(15,16)10-7-5-6-8-10/h10H,3-9H2,1-2H3,(H,13,14)(H,15,16). The van der Waals surface area contributed by atoms with Crippen molar-refractivity contribution in [3.63, 3.8) is 0 Å². The van der Waals surface area contributed by atoms with Gasteiger partial charge in [-0.05, 0) is 25.7 Å². The smallest absolute Gasteiger partial charge is 0.304 e. The van der Waals surface area contributed by atoms with Gasteiger partial charge in [0, 0.05) is 5.66 Å². The van der Waals surface area contributed by atoms with Crippen molar-refractivity contribution in [2.75, 3.05) is 0 Å². The van der Waals surface area contributed by atoms with Crippen LogP contribution in [0.15, 0.2) is 0 Å². The van der Waals surface area contributed by atoms with Gasteiger partial charge in [0.15, 0.2) is 0 Å². The zero-order valence-corrected chi connectivity index (χ0v) is 11.6. The molecule has 17 heavy (non-hydrogen) atoms. The third-order valence-corrected chi connectivity index (χ3v) is 7.95.